The molecule has 0 fully saturated rings. The first-order valence-corrected chi connectivity index (χ1v) is 8.07. The standard InChI is InChI=1S/C10H10BrN3O2S2/c11-7-2-4-17-9(7)5-14-18(15,16)10-6-13-3-1-8(10)12/h1-4,6,14H,5H2,(H2,12,13). The molecule has 2 aromatic rings. The average Bonchev–Trinajstić information content (AvgIpc) is 2.73. The molecule has 0 amide bonds. The number of aromatic nitrogens is 1. The Morgan fingerprint density at radius 1 is 1.44 bits per heavy atom. The van der Waals surface area contributed by atoms with Gasteiger partial charge in [0, 0.05) is 28.3 Å². The molecule has 18 heavy (non-hydrogen) atoms. The lowest BCUT2D eigenvalue weighted by Crippen LogP contribution is -2.24. The van der Waals surface area contributed by atoms with Gasteiger partial charge in [0.25, 0.3) is 0 Å². The van der Waals surface area contributed by atoms with Crippen molar-refractivity contribution in [1.29, 1.82) is 0 Å². The van der Waals surface area contributed by atoms with Crippen LogP contribution in [0.4, 0.5) is 5.69 Å². The maximum Gasteiger partial charge on any atom is 0.244 e. The lowest BCUT2D eigenvalue weighted by molar-refractivity contribution is 0.581. The SMILES string of the molecule is Nc1ccncc1S(=O)(=O)NCc1sccc1Br. The number of thiophene rings is 1. The van der Waals surface area contributed by atoms with Crippen LogP contribution >= 0.6 is 27.3 Å². The minimum Gasteiger partial charge on any atom is -0.398 e. The van der Waals surface area contributed by atoms with Crippen LogP contribution in [0.25, 0.3) is 0 Å². The van der Waals surface area contributed by atoms with Gasteiger partial charge < -0.3 is 5.73 Å². The maximum atomic E-state index is 12.0. The van der Waals surface area contributed by atoms with Crippen LogP contribution in [0.1, 0.15) is 4.88 Å². The number of nitrogens with zero attached hydrogens (tertiary/aromatic N) is 1. The molecule has 0 saturated heterocycles. The van der Waals surface area contributed by atoms with Crippen molar-refractivity contribution in [2.24, 2.45) is 0 Å². The zero-order valence-electron chi connectivity index (χ0n) is 9.13. The van der Waals surface area contributed by atoms with Crippen molar-refractivity contribution in [2.75, 3.05) is 5.73 Å². The van der Waals surface area contributed by atoms with Crippen LogP contribution in [0.15, 0.2) is 39.3 Å². The summed E-state index contributed by atoms with van der Waals surface area (Å²) in [5.41, 5.74) is 5.80. The van der Waals surface area contributed by atoms with Gasteiger partial charge in [-0.15, -0.1) is 11.3 Å². The second-order valence-corrected chi connectivity index (χ2v) is 7.02. The number of nitrogens with two attached hydrogens (primary N) is 1. The van der Waals surface area contributed by atoms with Crippen molar-refractivity contribution < 1.29 is 8.42 Å². The topological polar surface area (TPSA) is 85.1 Å². The summed E-state index contributed by atoms with van der Waals surface area (Å²) in [5.74, 6) is 0. The van der Waals surface area contributed by atoms with E-state index in [2.05, 4.69) is 25.6 Å². The van der Waals surface area contributed by atoms with Gasteiger partial charge in [-0.05, 0) is 33.4 Å². The lowest BCUT2D eigenvalue weighted by Gasteiger charge is -2.07. The highest BCUT2D eigenvalue weighted by Gasteiger charge is 2.17. The third kappa shape index (κ3) is 2.89. The monoisotopic (exact) mass is 347 g/mol. The van der Waals surface area contributed by atoms with Gasteiger partial charge in [-0.3, -0.25) is 4.98 Å². The van der Waals surface area contributed by atoms with Gasteiger partial charge in [-0.25, -0.2) is 13.1 Å². The molecule has 0 aromatic carbocycles. The van der Waals surface area contributed by atoms with E-state index < -0.39 is 10.0 Å². The highest BCUT2D eigenvalue weighted by Crippen LogP contribution is 2.23. The molecular weight excluding hydrogens is 338 g/mol. The molecule has 0 saturated carbocycles. The number of halogens is 1. The predicted octanol–water partition coefficient (Wildman–Crippen LogP) is 1.97. The summed E-state index contributed by atoms with van der Waals surface area (Å²) in [4.78, 5) is 4.67. The van der Waals surface area contributed by atoms with Gasteiger partial charge in [0.05, 0.1) is 5.69 Å². The van der Waals surface area contributed by atoms with E-state index in [0.717, 1.165) is 9.35 Å². The summed E-state index contributed by atoms with van der Waals surface area (Å²) in [6.07, 6.45) is 2.69. The summed E-state index contributed by atoms with van der Waals surface area (Å²) < 4.78 is 27.4. The minimum atomic E-state index is -3.64. The van der Waals surface area contributed by atoms with Gasteiger partial charge in [0.2, 0.25) is 10.0 Å². The Hall–Kier alpha value is -0.960. The number of nitrogen functional groups attached to an aromatic ring is 1. The molecule has 5 nitrogen and oxygen atoms in total. The second-order valence-electron chi connectivity index (χ2n) is 3.43. The summed E-state index contributed by atoms with van der Waals surface area (Å²) >= 11 is 4.81. The zero-order chi connectivity index (χ0) is 13.2. The van der Waals surface area contributed by atoms with E-state index in [4.69, 9.17) is 5.73 Å². The molecule has 0 spiro atoms. The maximum absolute atomic E-state index is 12.0. The Morgan fingerprint density at radius 2 is 2.22 bits per heavy atom. The molecule has 0 aliphatic heterocycles. The number of nitrogens with one attached hydrogen (secondary N) is 1. The number of anilines is 1. The van der Waals surface area contributed by atoms with Crippen LogP contribution in [0.3, 0.4) is 0 Å². The molecule has 2 rings (SSSR count). The number of rotatable bonds is 4. The molecule has 8 heteroatoms. The van der Waals surface area contributed by atoms with E-state index in [1.165, 1.54) is 29.8 Å². The summed E-state index contributed by atoms with van der Waals surface area (Å²) in [6, 6.07) is 3.32. The predicted molar refractivity (Wildman–Crippen MR) is 74.7 cm³/mol. The van der Waals surface area contributed by atoms with Gasteiger partial charge in [0.1, 0.15) is 4.90 Å². The van der Waals surface area contributed by atoms with E-state index in [9.17, 15) is 8.42 Å². The van der Waals surface area contributed by atoms with Crippen molar-refractivity contribution >= 4 is 43.0 Å². The summed E-state index contributed by atoms with van der Waals surface area (Å²) in [5, 5.41) is 1.88. The van der Waals surface area contributed by atoms with E-state index in [1.807, 2.05) is 11.4 Å². The molecule has 2 heterocycles. The van der Waals surface area contributed by atoms with E-state index in [1.54, 1.807) is 0 Å². The Morgan fingerprint density at radius 3 is 2.83 bits per heavy atom. The molecule has 0 aliphatic rings. The van der Waals surface area contributed by atoms with Gasteiger partial charge >= 0.3 is 0 Å². The van der Waals surface area contributed by atoms with Crippen LogP contribution in [0.5, 0.6) is 0 Å². The minimum absolute atomic E-state index is 0.00215. The van der Waals surface area contributed by atoms with Crippen molar-refractivity contribution in [3.05, 3.63) is 39.3 Å². The summed E-state index contributed by atoms with van der Waals surface area (Å²) in [6.45, 7) is 0.217. The Kier molecular flexibility index (Phi) is 4.00. The first-order valence-electron chi connectivity index (χ1n) is 4.92. The number of hydrogen-bond acceptors (Lipinski definition) is 5. The van der Waals surface area contributed by atoms with Crippen LogP contribution in [-0.4, -0.2) is 13.4 Å². The Bertz CT molecular complexity index is 655. The van der Waals surface area contributed by atoms with Crippen molar-refractivity contribution in [3.63, 3.8) is 0 Å². The normalized spacial score (nSPS) is 11.6. The fourth-order valence-corrected chi connectivity index (χ4v) is 3.90. The van der Waals surface area contributed by atoms with E-state index >= 15 is 0 Å². The fraction of sp³-hybridized carbons (Fsp3) is 0.100. The van der Waals surface area contributed by atoms with Crippen molar-refractivity contribution in [1.82, 2.24) is 9.71 Å². The van der Waals surface area contributed by atoms with E-state index in [0.29, 0.717) is 0 Å². The Balaban J connectivity index is 2.19. The molecule has 0 unspecified atom stereocenters. The smallest absolute Gasteiger partial charge is 0.244 e. The first-order chi connectivity index (χ1) is 8.50. The van der Waals surface area contributed by atoms with Gasteiger partial charge in [-0.2, -0.15) is 0 Å². The largest absolute Gasteiger partial charge is 0.398 e. The first kappa shape index (κ1) is 13.5. The quantitative estimate of drug-likeness (QED) is 0.885. The zero-order valence-corrected chi connectivity index (χ0v) is 12.3. The molecule has 96 valence electrons. The van der Waals surface area contributed by atoms with Crippen molar-refractivity contribution in [2.45, 2.75) is 11.4 Å². The van der Waals surface area contributed by atoms with Gasteiger partial charge in [-0.1, -0.05) is 0 Å². The molecular formula is C10H10BrN3O2S2. The van der Waals surface area contributed by atoms with Crippen LogP contribution in [-0.2, 0) is 16.6 Å². The third-order valence-electron chi connectivity index (χ3n) is 2.22. The lowest BCUT2D eigenvalue weighted by atomic mass is 10.4. The number of sulfonamides is 1. The van der Waals surface area contributed by atoms with Crippen molar-refractivity contribution in [3.8, 4) is 0 Å². The Labute approximate surface area is 117 Å². The molecule has 0 atom stereocenters. The summed E-state index contributed by atoms with van der Waals surface area (Å²) in [7, 11) is -3.64. The fourth-order valence-electron chi connectivity index (χ4n) is 1.30. The van der Waals surface area contributed by atoms with Crippen LogP contribution in [0.2, 0.25) is 0 Å². The van der Waals surface area contributed by atoms with E-state index in [-0.39, 0.29) is 17.1 Å². The van der Waals surface area contributed by atoms with Crippen LogP contribution in [0, 0.1) is 0 Å². The highest BCUT2D eigenvalue weighted by atomic mass is 79.9. The second kappa shape index (κ2) is 5.35. The average molecular weight is 348 g/mol. The molecule has 2 aromatic heterocycles. The van der Waals surface area contributed by atoms with Gasteiger partial charge in [0.15, 0.2) is 0 Å². The highest BCUT2D eigenvalue weighted by molar-refractivity contribution is 9.10. The molecule has 0 bridgehead atoms. The third-order valence-corrected chi connectivity index (χ3v) is 5.59. The molecule has 0 radical (unpaired) electrons. The number of hydrogen-bond donors (Lipinski definition) is 2. The molecule has 3 N–H and O–H groups in total. The number of pyridine rings is 1. The van der Waals surface area contributed by atoms with Crippen LogP contribution < -0.4 is 10.5 Å². The molecule has 0 aliphatic carbocycles.